The third kappa shape index (κ3) is 11.2. The Morgan fingerprint density at radius 3 is 2.34 bits per heavy atom. The number of nitrogens with one attached hydrogen (secondary N) is 2. The molecule has 342 valence electrons. The molecule has 0 unspecified atom stereocenters. The van der Waals surface area contributed by atoms with E-state index in [2.05, 4.69) is 23.9 Å². The van der Waals surface area contributed by atoms with Crippen molar-refractivity contribution in [2.75, 3.05) is 13.7 Å². The van der Waals surface area contributed by atoms with E-state index >= 15 is 0 Å². The maximum Gasteiger partial charge on any atom is 0.408 e. The van der Waals surface area contributed by atoms with Crippen molar-refractivity contribution in [3.05, 3.63) is 35.9 Å². The molecule has 0 spiro atoms. The fraction of sp³-hybridized carbons (Fsp3) is 0.681. The van der Waals surface area contributed by atoms with E-state index in [0.717, 1.165) is 31.2 Å². The highest BCUT2D eigenvalue weighted by molar-refractivity contribution is 7.91. The summed E-state index contributed by atoms with van der Waals surface area (Å²) in [5.74, 6) is -0.324. The predicted molar refractivity (Wildman–Crippen MR) is 237 cm³/mol. The molecule has 15 heteroatoms. The molecule has 5 atom stereocenters. The molecule has 3 heterocycles. The van der Waals surface area contributed by atoms with Gasteiger partial charge in [-0.3, -0.25) is 19.1 Å². The summed E-state index contributed by atoms with van der Waals surface area (Å²) in [7, 11) is -2.37. The number of alkyl carbamates (subject to hydrolysis) is 1. The number of carbonyl (C=O) groups excluding carboxylic acids is 4. The zero-order valence-electron chi connectivity index (χ0n) is 38.0. The quantitative estimate of drug-likeness (QED) is 0.209. The minimum atomic E-state index is -3.96. The summed E-state index contributed by atoms with van der Waals surface area (Å²) in [5.41, 5.74) is -0.640. The van der Waals surface area contributed by atoms with Crippen LogP contribution in [0, 0.1) is 18.3 Å². The first-order chi connectivity index (χ1) is 29.3. The summed E-state index contributed by atoms with van der Waals surface area (Å²) < 4.78 is 51.7. The molecule has 3 aliphatic carbocycles. The van der Waals surface area contributed by atoms with Crippen molar-refractivity contribution in [1.29, 1.82) is 0 Å². The van der Waals surface area contributed by atoms with E-state index in [4.69, 9.17) is 23.9 Å². The monoisotopic (exact) mass is 880 g/mol. The fourth-order valence-corrected chi connectivity index (χ4v) is 9.70. The Morgan fingerprint density at radius 1 is 0.984 bits per heavy atom. The average molecular weight is 881 g/mol. The summed E-state index contributed by atoms with van der Waals surface area (Å²) >= 11 is 0. The molecule has 1 aromatic heterocycles. The number of pyridine rings is 1. The van der Waals surface area contributed by atoms with Gasteiger partial charge in [0, 0.05) is 29.9 Å². The molecule has 1 saturated heterocycles. The van der Waals surface area contributed by atoms with E-state index in [0.29, 0.717) is 66.8 Å². The SMILES string of the molecule is CCCCC.COc1ccc2c(O[C@@H]3C[C@H]4C(=O)C[C@]5(C(=O)NS(=O)(=O)C6(C)CC6)C[C@H]5/C=C\CCCCC[C@H](NC(=O)OC(C)(C)C)C(=O)N4C3)cc(OC3CC3)nc2c1C. The third-order valence-corrected chi connectivity index (χ3v) is 14.9. The lowest BCUT2D eigenvalue weighted by molar-refractivity contribution is -0.140. The van der Waals surface area contributed by atoms with Gasteiger partial charge in [0.2, 0.25) is 27.7 Å². The van der Waals surface area contributed by atoms with Gasteiger partial charge in [-0.05, 0) is 104 Å². The lowest BCUT2D eigenvalue weighted by atomic mass is 9.91. The normalized spacial score (nSPS) is 26.6. The van der Waals surface area contributed by atoms with Gasteiger partial charge >= 0.3 is 6.09 Å². The summed E-state index contributed by atoms with van der Waals surface area (Å²) in [6.45, 7) is 13.2. The number of methoxy groups -OCH3 is 1. The van der Waals surface area contributed by atoms with Crippen molar-refractivity contribution in [3.8, 4) is 17.4 Å². The van der Waals surface area contributed by atoms with Crippen LogP contribution in [0.25, 0.3) is 10.9 Å². The number of rotatable bonds is 11. The number of aryl methyl sites for hydroxylation is 1. The molecule has 3 saturated carbocycles. The lowest BCUT2D eigenvalue weighted by Gasteiger charge is -2.30. The topological polar surface area (TPSA) is 180 Å². The molecule has 2 N–H and O–H groups in total. The molecular formula is C47H68N4O10S. The van der Waals surface area contributed by atoms with Crippen LogP contribution < -0.4 is 24.2 Å². The van der Waals surface area contributed by atoms with Crippen molar-refractivity contribution in [3.63, 3.8) is 0 Å². The number of aromatic nitrogens is 1. The molecule has 5 aliphatic rings. The number of fused-ring (bicyclic) bond motifs is 3. The number of unbranched alkanes of at least 4 members (excludes halogenated alkanes) is 2. The summed E-state index contributed by atoms with van der Waals surface area (Å²) in [5, 5.41) is 3.49. The number of amides is 3. The minimum Gasteiger partial charge on any atom is -0.496 e. The number of ether oxygens (including phenoxy) is 4. The number of hydrogen-bond donors (Lipinski definition) is 2. The van der Waals surface area contributed by atoms with Gasteiger partial charge in [0.15, 0.2) is 5.78 Å². The van der Waals surface area contributed by atoms with E-state index in [1.54, 1.807) is 40.9 Å². The van der Waals surface area contributed by atoms with Crippen molar-refractivity contribution in [2.24, 2.45) is 11.3 Å². The van der Waals surface area contributed by atoms with E-state index in [1.165, 1.54) is 24.2 Å². The van der Waals surface area contributed by atoms with Crippen LogP contribution in [0.4, 0.5) is 4.79 Å². The summed E-state index contributed by atoms with van der Waals surface area (Å²) in [6, 6.07) is 3.43. The number of sulfonamides is 1. The van der Waals surface area contributed by atoms with E-state index in [9.17, 15) is 27.6 Å². The number of hydrogen-bond acceptors (Lipinski definition) is 11. The van der Waals surface area contributed by atoms with Gasteiger partial charge in [0.25, 0.3) is 0 Å². The number of Topliss-reactive ketones (excluding diaryl/α,β-unsaturated/α-hetero) is 1. The molecule has 3 amide bonds. The second-order valence-corrected chi connectivity index (χ2v) is 21.4. The van der Waals surface area contributed by atoms with Crippen LogP contribution in [0.1, 0.15) is 143 Å². The fourth-order valence-electron chi connectivity index (χ4n) is 8.36. The molecule has 2 aromatic rings. The molecule has 4 fully saturated rings. The van der Waals surface area contributed by atoms with Crippen LogP contribution in [-0.4, -0.2) is 90.3 Å². The van der Waals surface area contributed by atoms with Crippen LogP contribution >= 0.6 is 0 Å². The average Bonchev–Trinajstić information content (AvgIpc) is 4.16. The Hall–Kier alpha value is -4.40. The number of benzene rings is 1. The lowest BCUT2D eigenvalue weighted by Crippen LogP contribution is -2.53. The molecule has 14 nitrogen and oxygen atoms in total. The standard InChI is InChI=1S/C42H56N4O10S.C5H12/c1-25-33(53-6)17-16-29-34(21-35(44-36(25)29)55-27-14-15-27)54-28-20-31-32(47)23-42(38(49)45-57(51,52)41(5)18-19-41)22-26(42)12-10-8-7-9-11-13-30(37(48)46(31)24-28)43-39(50)56-40(2,3)4;1-3-5-4-2/h10,12,16-17,21,26-28,30-31H,7-9,11,13-15,18-20,22-24H2,1-6H3,(H,43,50)(H,45,49);3-5H2,1-2H3/b12-10-;/t26-,28-,30+,31+,42-;/m1./s1. The Kier molecular flexibility index (Phi) is 14.5. The first kappa shape index (κ1) is 47.1. The molecule has 1 aromatic carbocycles. The Morgan fingerprint density at radius 2 is 1.71 bits per heavy atom. The van der Waals surface area contributed by atoms with Crippen molar-refractivity contribution >= 4 is 44.6 Å². The summed E-state index contributed by atoms with van der Waals surface area (Å²) in [6.07, 6.45) is 12.8. The van der Waals surface area contributed by atoms with Crippen molar-refractivity contribution in [1.82, 2.24) is 19.9 Å². The predicted octanol–water partition coefficient (Wildman–Crippen LogP) is 8.02. The third-order valence-electron chi connectivity index (χ3n) is 12.7. The Bertz CT molecular complexity index is 2120. The van der Waals surface area contributed by atoms with Gasteiger partial charge in [-0.25, -0.2) is 18.2 Å². The molecule has 0 radical (unpaired) electrons. The Balaban J connectivity index is 0.00000121. The van der Waals surface area contributed by atoms with Crippen LogP contribution in [0.5, 0.6) is 17.4 Å². The number of ketones is 1. The van der Waals surface area contributed by atoms with E-state index in [-0.39, 0.29) is 37.2 Å². The zero-order valence-corrected chi connectivity index (χ0v) is 38.8. The van der Waals surface area contributed by atoms with Gasteiger partial charge in [-0.1, -0.05) is 58.1 Å². The molecule has 7 rings (SSSR count). The van der Waals surface area contributed by atoms with Gasteiger partial charge in [0.1, 0.15) is 35.3 Å². The van der Waals surface area contributed by atoms with Crippen LogP contribution in [-0.2, 0) is 29.1 Å². The first-order valence-corrected chi connectivity index (χ1v) is 24.2. The van der Waals surface area contributed by atoms with Gasteiger partial charge in [-0.2, -0.15) is 0 Å². The second-order valence-electron chi connectivity index (χ2n) is 19.2. The van der Waals surface area contributed by atoms with Gasteiger partial charge < -0.3 is 29.2 Å². The van der Waals surface area contributed by atoms with Gasteiger partial charge in [-0.15, -0.1) is 0 Å². The first-order valence-electron chi connectivity index (χ1n) is 22.7. The van der Waals surface area contributed by atoms with Crippen LogP contribution in [0.15, 0.2) is 30.4 Å². The van der Waals surface area contributed by atoms with Gasteiger partial charge in [0.05, 0.1) is 35.4 Å². The van der Waals surface area contributed by atoms with Crippen molar-refractivity contribution < 1.29 is 46.5 Å². The highest BCUT2D eigenvalue weighted by Gasteiger charge is 2.62. The number of carbonyl (C=O) groups is 4. The van der Waals surface area contributed by atoms with E-state index in [1.807, 2.05) is 31.2 Å². The van der Waals surface area contributed by atoms with Crippen LogP contribution in [0.2, 0.25) is 0 Å². The maximum atomic E-state index is 14.7. The molecule has 2 aliphatic heterocycles. The van der Waals surface area contributed by atoms with E-state index < -0.39 is 61.9 Å². The molecular weight excluding hydrogens is 813 g/mol. The largest absolute Gasteiger partial charge is 0.496 e. The molecule has 62 heavy (non-hydrogen) atoms. The molecule has 0 bridgehead atoms. The van der Waals surface area contributed by atoms with Crippen molar-refractivity contribution in [2.45, 2.75) is 179 Å². The highest BCUT2D eigenvalue weighted by atomic mass is 32.2. The maximum absolute atomic E-state index is 14.7. The Labute approximate surface area is 367 Å². The zero-order chi connectivity index (χ0) is 45.0. The minimum absolute atomic E-state index is 0.0226. The highest BCUT2D eigenvalue weighted by Crippen LogP contribution is 2.57. The smallest absolute Gasteiger partial charge is 0.408 e. The second kappa shape index (κ2) is 19.1. The number of nitrogens with zero attached hydrogens (tertiary/aromatic N) is 2. The van der Waals surface area contributed by atoms with Crippen LogP contribution in [0.3, 0.4) is 0 Å². The summed E-state index contributed by atoms with van der Waals surface area (Å²) in [4.78, 5) is 62.7. The number of allylic oxidation sites excluding steroid dienone is 2.